The van der Waals surface area contributed by atoms with Crippen LogP contribution in [0.4, 0.5) is 0 Å². The van der Waals surface area contributed by atoms with E-state index in [1.165, 1.54) is 0 Å². The lowest BCUT2D eigenvalue weighted by molar-refractivity contribution is 1.47. The van der Waals surface area contributed by atoms with Crippen molar-refractivity contribution in [2.75, 3.05) is 0 Å². The fourth-order valence-electron chi connectivity index (χ4n) is 2.24. The van der Waals surface area contributed by atoms with Gasteiger partial charge < -0.3 is 4.98 Å². The van der Waals surface area contributed by atoms with Gasteiger partial charge in [0, 0.05) is 17.8 Å². The first-order valence-corrected chi connectivity index (χ1v) is 6.11. The molecule has 0 radical (unpaired) electrons. The highest BCUT2D eigenvalue weighted by atomic mass is 14.7. The quantitative estimate of drug-likeness (QED) is 0.676. The molecule has 1 aromatic heterocycles. The number of nitriles is 1. The third kappa shape index (κ3) is 2.14. The number of aromatic amines is 1. The van der Waals surface area contributed by atoms with Crippen molar-refractivity contribution in [2.24, 2.45) is 0 Å². The maximum atomic E-state index is 9.00. The van der Waals surface area contributed by atoms with Gasteiger partial charge >= 0.3 is 0 Å². The topological polar surface area (TPSA) is 39.6 Å². The molecule has 2 heteroatoms. The van der Waals surface area contributed by atoms with Gasteiger partial charge in [0.15, 0.2) is 0 Å². The Morgan fingerprint density at radius 2 is 1.84 bits per heavy atom. The second kappa shape index (κ2) is 4.83. The van der Waals surface area contributed by atoms with Crippen molar-refractivity contribution >= 4 is 16.5 Å². The second-order valence-corrected chi connectivity index (χ2v) is 4.33. The minimum atomic E-state index is 0.950. The number of nitrogens with one attached hydrogen (secondary N) is 1. The summed E-state index contributed by atoms with van der Waals surface area (Å²) in [5.74, 6) is 0. The number of hydrogen-bond acceptors (Lipinski definition) is 1. The van der Waals surface area contributed by atoms with E-state index < -0.39 is 0 Å². The fraction of sp³-hybridized carbons (Fsp3) is 0. The van der Waals surface area contributed by atoms with Crippen molar-refractivity contribution < 1.29 is 0 Å². The Kier molecular flexibility index (Phi) is 2.88. The lowest BCUT2D eigenvalue weighted by atomic mass is 9.97. The van der Waals surface area contributed by atoms with Gasteiger partial charge in [0.05, 0.1) is 6.07 Å². The third-order valence-electron chi connectivity index (χ3n) is 3.16. The van der Waals surface area contributed by atoms with E-state index in [9.17, 15) is 0 Å². The zero-order valence-electron chi connectivity index (χ0n) is 10.3. The maximum absolute atomic E-state index is 9.00. The number of benzene rings is 2. The van der Waals surface area contributed by atoms with Crippen molar-refractivity contribution in [3.63, 3.8) is 0 Å². The summed E-state index contributed by atoms with van der Waals surface area (Å²) in [5, 5.41) is 10.2. The molecule has 1 N–H and O–H groups in total. The van der Waals surface area contributed by atoms with Gasteiger partial charge in [0.25, 0.3) is 0 Å². The van der Waals surface area contributed by atoms with E-state index in [1.807, 2.05) is 54.7 Å². The summed E-state index contributed by atoms with van der Waals surface area (Å²) in [6, 6.07) is 20.3. The van der Waals surface area contributed by atoms with E-state index in [2.05, 4.69) is 17.1 Å². The second-order valence-electron chi connectivity index (χ2n) is 4.33. The minimum Gasteiger partial charge on any atom is -0.361 e. The van der Waals surface area contributed by atoms with Crippen molar-refractivity contribution in [1.29, 1.82) is 5.26 Å². The Morgan fingerprint density at radius 1 is 1.00 bits per heavy atom. The summed E-state index contributed by atoms with van der Waals surface area (Å²) in [7, 11) is 0. The molecule has 0 spiro atoms. The Morgan fingerprint density at radius 3 is 2.63 bits per heavy atom. The van der Waals surface area contributed by atoms with Gasteiger partial charge in [-0.1, -0.05) is 36.4 Å². The van der Waals surface area contributed by atoms with Gasteiger partial charge in [0.1, 0.15) is 0 Å². The van der Waals surface area contributed by atoms with Crippen molar-refractivity contribution in [1.82, 2.24) is 4.98 Å². The zero-order chi connectivity index (χ0) is 13.1. The first kappa shape index (κ1) is 11.3. The van der Waals surface area contributed by atoms with E-state index >= 15 is 0 Å². The van der Waals surface area contributed by atoms with Crippen LogP contribution < -0.4 is 0 Å². The Hall–Kier alpha value is -2.79. The molecule has 0 aliphatic rings. The molecular formula is C17H12N2. The van der Waals surface area contributed by atoms with Gasteiger partial charge in [-0.3, -0.25) is 0 Å². The molecule has 0 fully saturated rings. The van der Waals surface area contributed by atoms with Crippen molar-refractivity contribution in [3.8, 4) is 6.07 Å². The molecular weight excluding hydrogens is 232 g/mol. The SMILES string of the molecule is N#CC=C(c1ccccc1)c1ccc2[nH]ccc2c1. The molecule has 0 bridgehead atoms. The molecule has 2 nitrogen and oxygen atoms in total. The van der Waals surface area contributed by atoms with Crippen LogP contribution in [0.25, 0.3) is 16.5 Å². The lowest BCUT2D eigenvalue weighted by Gasteiger charge is -2.07. The van der Waals surface area contributed by atoms with E-state index in [4.69, 9.17) is 5.26 Å². The Labute approximate surface area is 111 Å². The molecule has 0 aliphatic heterocycles. The van der Waals surface area contributed by atoms with Gasteiger partial charge in [-0.2, -0.15) is 5.26 Å². The number of rotatable bonds is 2. The van der Waals surface area contributed by atoms with Gasteiger partial charge in [-0.25, -0.2) is 0 Å². The van der Waals surface area contributed by atoms with Gasteiger partial charge in [-0.15, -0.1) is 0 Å². The average molecular weight is 244 g/mol. The number of fused-ring (bicyclic) bond motifs is 1. The molecule has 3 rings (SSSR count). The van der Waals surface area contributed by atoms with Crippen LogP contribution in [0, 0.1) is 11.3 Å². The van der Waals surface area contributed by atoms with Crippen molar-refractivity contribution in [2.45, 2.75) is 0 Å². The molecule has 0 unspecified atom stereocenters. The zero-order valence-corrected chi connectivity index (χ0v) is 10.3. The summed E-state index contributed by atoms with van der Waals surface area (Å²) in [5.41, 5.74) is 4.16. The van der Waals surface area contributed by atoms with Gasteiger partial charge in [-0.05, 0) is 40.3 Å². The first-order chi connectivity index (χ1) is 9.38. The summed E-state index contributed by atoms with van der Waals surface area (Å²) in [4.78, 5) is 3.17. The molecule has 90 valence electrons. The smallest absolute Gasteiger partial charge is 0.0918 e. The molecule has 0 saturated carbocycles. The van der Waals surface area contributed by atoms with Crippen LogP contribution >= 0.6 is 0 Å². The summed E-state index contributed by atoms with van der Waals surface area (Å²) >= 11 is 0. The average Bonchev–Trinajstić information content (AvgIpc) is 2.93. The highest BCUT2D eigenvalue weighted by Crippen LogP contribution is 2.26. The van der Waals surface area contributed by atoms with E-state index in [1.54, 1.807) is 6.08 Å². The number of hydrogen-bond donors (Lipinski definition) is 1. The summed E-state index contributed by atoms with van der Waals surface area (Å²) < 4.78 is 0. The van der Waals surface area contributed by atoms with E-state index in [0.717, 1.165) is 27.6 Å². The van der Waals surface area contributed by atoms with Crippen LogP contribution in [-0.4, -0.2) is 4.98 Å². The summed E-state index contributed by atoms with van der Waals surface area (Å²) in [6.45, 7) is 0. The van der Waals surface area contributed by atoms with Gasteiger partial charge in [0.2, 0.25) is 0 Å². The predicted octanol–water partition coefficient (Wildman–Crippen LogP) is 4.12. The largest absolute Gasteiger partial charge is 0.361 e. The standard InChI is InChI=1S/C17H12N2/c18-10-8-16(13-4-2-1-3-5-13)14-6-7-17-15(12-14)9-11-19-17/h1-9,11-12,19H. The molecule has 0 aliphatic carbocycles. The molecule has 0 amide bonds. The molecule has 0 atom stereocenters. The highest BCUT2D eigenvalue weighted by molar-refractivity contribution is 5.88. The molecule has 1 heterocycles. The normalized spacial score (nSPS) is 11.4. The van der Waals surface area contributed by atoms with Crippen LogP contribution in [0.5, 0.6) is 0 Å². The maximum Gasteiger partial charge on any atom is 0.0918 e. The van der Waals surface area contributed by atoms with Crippen LogP contribution in [-0.2, 0) is 0 Å². The van der Waals surface area contributed by atoms with E-state index in [0.29, 0.717) is 0 Å². The number of allylic oxidation sites excluding steroid dienone is 1. The predicted molar refractivity (Wildman–Crippen MR) is 77.4 cm³/mol. The lowest BCUT2D eigenvalue weighted by Crippen LogP contribution is -1.87. The third-order valence-corrected chi connectivity index (χ3v) is 3.16. The molecule has 2 aromatic carbocycles. The highest BCUT2D eigenvalue weighted by Gasteiger charge is 2.05. The molecule has 0 saturated heterocycles. The fourth-order valence-corrected chi connectivity index (χ4v) is 2.24. The van der Waals surface area contributed by atoms with Crippen LogP contribution in [0.1, 0.15) is 11.1 Å². The minimum absolute atomic E-state index is 0.950. The molecule has 19 heavy (non-hydrogen) atoms. The number of aromatic nitrogens is 1. The van der Waals surface area contributed by atoms with Crippen LogP contribution in [0.2, 0.25) is 0 Å². The first-order valence-electron chi connectivity index (χ1n) is 6.11. The van der Waals surface area contributed by atoms with Crippen molar-refractivity contribution in [3.05, 3.63) is 78.0 Å². The van der Waals surface area contributed by atoms with E-state index in [-0.39, 0.29) is 0 Å². The van der Waals surface area contributed by atoms with Crippen LogP contribution in [0.15, 0.2) is 66.9 Å². The Balaban J connectivity index is 2.15. The monoisotopic (exact) mass is 244 g/mol. The Bertz CT molecular complexity index is 774. The summed E-state index contributed by atoms with van der Waals surface area (Å²) in [6.07, 6.45) is 3.52. The molecule has 3 aromatic rings. The number of nitrogens with zero attached hydrogens (tertiary/aromatic N) is 1. The van der Waals surface area contributed by atoms with Crippen LogP contribution in [0.3, 0.4) is 0 Å². The number of H-pyrrole nitrogens is 1.